The largest absolute Gasteiger partial charge is 0.394 e. The number of aryl methyl sites for hydroxylation is 2. The number of aliphatic hydroxyl groups is 1. The van der Waals surface area contributed by atoms with Crippen molar-refractivity contribution < 1.29 is 9.50 Å². The molecule has 2 N–H and O–H groups in total. The van der Waals surface area contributed by atoms with Crippen molar-refractivity contribution in [3.63, 3.8) is 0 Å². The molecule has 0 amide bonds. The highest BCUT2D eigenvalue weighted by atomic mass is 35.5. The minimum Gasteiger partial charge on any atom is -0.394 e. The number of rotatable bonds is 6. The zero-order valence-corrected chi connectivity index (χ0v) is 18.7. The summed E-state index contributed by atoms with van der Waals surface area (Å²) in [7, 11) is 0. The van der Waals surface area contributed by atoms with Crippen LogP contribution in [0.2, 0.25) is 5.02 Å². The summed E-state index contributed by atoms with van der Waals surface area (Å²) >= 11 is 5.75. The Hall–Kier alpha value is -3.62. The third kappa shape index (κ3) is 4.76. The Morgan fingerprint density at radius 1 is 1.15 bits per heavy atom. The summed E-state index contributed by atoms with van der Waals surface area (Å²) < 4.78 is 15.2. The average molecular weight is 466 g/mol. The molecule has 0 saturated heterocycles. The van der Waals surface area contributed by atoms with Gasteiger partial charge in [-0.15, -0.1) is 0 Å². The molecule has 4 aromatic rings. The molecule has 0 aliphatic rings. The van der Waals surface area contributed by atoms with Crippen LogP contribution in [0, 0.1) is 19.7 Å². The van der Waals surface area contributed by atoms with Gasteiger partial charge in [-0.3, -0.25) is 9.78 Å². The molecule has 168 valence electrons. The van der Waals surface area contributed by atoms with Crippen molar-refractivity contribution in [3.05, 3.63) is 99.1 Å². The molecule has 7 nitrogen and oxygen atoms in total. The standard InChI is InChI=1S/C24H21ClFN5O2/c1-14-11-27-12-15(2)23(14)30-24-28-7-5-20(29-24)16-6-8-31(22(33)10-16)21(13-32)17-3-4-18(25)19(26)9-17/h3-12,21,32H,13H2,1-2H3,(H,27,28,29,30)/t21-/m1/s1. The second-order valence-electron chi connectivity index (χ2n) is 7.57. The van der Waals surface area contributed by atoms with Crippen LogP contribution >= 0.6 is 11.6 Å². The SMILES string of the molecule is Cc1cncc(C)c1Nc1nccc(-c2ccn([C@H](CO)c3ccc(Cl)c(F)c3)c(=O)c2)n1. The van der Waals surface area contributed by atoms with Crippen molar-refractivity contribution in [3.8, 4) is 11.3 Å². The Kier molecular flexibility index (Phi) is 6.48. The van der Waals surface area contributed by atoms with Gasteiger partial charge in [0, 0.05) is 42.1 Å². The zero-order chi connectivity index (χ0) is 23.5. The lowest BCUT2D eigenvalue weighted by molar-refractivity contribution is 0.247. The average Bonchev–Trinajstić information content (AvgIpc) is 2.80. The van der Waals surface area contributed by atoms with E-state index in [9.17, 15) is 14.3 Å². The van der Waals surface area contributed by atoms with Crippen LogP contribution in [0.15, 0.2) is 66.0 Å². The Labute approximate surface area is 194 Å². The number of aliphatic hydroxyl groups excluding tert-OH is 1. The van der Waals surface area contributed by atoms with Crippen LogP contribution in [0.4, 0.5) is 16.0 Å². The maximum atomic E-state index is 13.9. The van der Waals surface area contributed by atoms with Gasteiger partial charge >= 0.3 is 0 Å². The minimum absolute atomic E-state index is 0.0246. The number of hydrogen-bond acceptors (Lipinski definition) is 6. The van der Waals surface area contributed by atoms with E-state index in [1.807, 2.05) is 13.8 Å². The molecule has 3 aromatic heterocycles. The number of halogens is 2. The molecule has 1 aromatic carbocycles. The molecule has 0 bridgehead atoms. The van der Waals surface area contributed by atoms with Crippen LogP contribution in [0.3, 0.4) is 0 Å². The van der Waals surface area contributed by atoms with Gasteiger partial charge in [0.2, 0.25) is 5.95 Å². The van der Waals surface area contributed by atoms with E-state index in [-0.39, 0.29) is 17.2 Å². The van der Waals surface area contributed by atoms with Crippen molar-refractivity contribution in [1.82, 2.24) is 19.5 Å². The highest BCUT2D eigenvalue weighted by Gasteiger charge is 2.17. The van der Waals surface area contributed by atoms with Crippen LogP contribution in [-0.4, -0.2) is 31.2 Å². The van der Waals surface area contributed by atoms with Crippen LogP contribution in [0.1, 0.15) is 22.7 Å². The van der Waals surface area contributed by atoms with E-state index in [0.29, 0.717) is 22.8 Å². The first-order valence-corrected chi connectivity index (χ1v) is 10.5. The van der Waals surface area contributed by atoms with Crippen molar-refractivity contribution in [2.45, 2.75) is 19.9 Å². The number of benzene rings is 1. The lowest BCUT2D eigenvalue weighted by Gasteiger charge is -2.18. The predicted molar refractivity (Wildman–Crippen MR) is 125 cm³/mol. The third-order valence-corrected chi connectivity index (χ3v) is 5.61. The maximum absolute atomic E-state index is 13.9. The van der Waals surface area contributed by atoms with Crippen molar-refractivity contribution >= 4 is 23.2 Å². The molecular weight excluding hydrogens is 445 g/mol. The molecule has 3 heterocycles. The van der Waals surface area contributed by atoms with E-state index < -0.39 is 11.9 Å². The van der Waals surface area contributed by atoms with Crippen LogP contribution in [0.25, 0.3) is 11.3 Å². The van der Waals surface area contributed by atoms with Crippen LogP contribution < -0.4 is 10.9 Å². The van der Waals surface area contributed by atoms with E-state index in [1.54, 1.807) is 43.0 Å². The first-order valence-electron chi connectivity index (χ1n) is 10.2. The number of aromatic nitrogens is 4. The van der Waals surface area contributed by atoms with Gasteiger partial charge in [-0.25, -0.2) is 14.4 Å². The summed E-state index contributed by atoms with van der Waals surface area (Å²) in [5, 5.41) is 13.1. The summed E-state index contributed by atoms with van der Waals surface area (Å²) in [6.07, 6.45) is 6.67. The monoisotopic (exact) mass is 465 g/mol. The molecule has 1 atom stereocenters. The Bertz CT molecular complexity index is 1360. The van der Waals surface area contributed by atoms with E-state index in [2.05, 4.69) is 20.3 Å². The molecule has 0 aliphatic heterocycles. The van der Waals surface area contributed by atoms with Crippen molar-refractivity contribution in [1.29, 1.82) is 0 Å². The summed E-state index contributed by atoms with van der Waals surface area (Å²) in [6, 6.07) is 8.28. The van der Waals surface area contributed by atoms with E-state index in [1.165, 1.54) is 22.8 Å². The molecule has 0 fully saturated rings. The summed E-state index contributed by atoms with van der Waals surface area (Å²) in [5.74, 6) is -0.225. The lowest BCUT2D eigenvalue weighted by Crippen LogP contribution is -2.27. The molecule has 0 saturated carbocycles. The van der Waals surface area contributed by atoms with Crippen LogP contribution in [0.5, 0.6) is 0 Å². The zero-order valence-electron chi connectivity index (χ0n) is 18.0. The summed E-state index contributed by atoms with van der Waals surface area (Å²) in [4.78, 5) is 25.8. The predicted octanol–water partition coefficient (Wildman–Crippen LogP) is 4.43. The Balaban J connectivity index is 1.65. The van der Waals surface area contributed by atoms with Gasteiger partial charge in [-0.2, -0.15) is 0 Å². The van der Waals surface area contributed by atoms with Gasteiger partial charge < -0.3 is 15.0 Å². The van der Waals surface area contributed by atoms with Crippen molar-refractivity contribution in [2.24, 2.45) is 0 Å². The van der Waals surface area contributed by atoms with Gasteiger partial charge in [0.25, 0.3) is 5.56 Å². The van der Waals surface area contributed by atoms with Crippen molar-refractivity contribution in [2.75, 3.05) is 11.9 Å². The Morgan fingerprint density at radius 3 is 2.58 bits per heavy atom. The molecule has 9 heteroatoms. The first-order chi connectivity index (χ1) is 15.9. The highest BCUT2D eigenvalue weighted by molar-refractivity contribution is 6.30. The first kappa shape index (κ1) is 22.6. The maximum Gasteiger partial charge on any atom is 0.251 e. The Morgan fingerprint density at radius 2 is 1.91 bits per heavy atom. The lowest BCUT2D eigenvalue weighted by atomic mass is 10.1. The molecule has 0 radical (unpaired) electrons. The molecule has 0 aliphatic carbocycles. The fraction of sp³-hybridized carbons (Fsp3) is 0.167. The topological polar surface area (TPSA) is 92.9 Å². The summed E-state index contributed by atoms with van der Waals surface area (Å²) in [6.45, 7) is 3.50. The van der Waals surface area contributed by atoms with Gasteiger partial charge in [-0.1, -0.05) is 17.7 Å². The minimum atomic E-state index is -0.751. The molecular formula is C24H21ClFN5O2. The third-order valence-electron chi connectivity index (χ3n) is 5.30. The highest BCUT2D eigenvalue weighted by Crippen LogP contribution is 2.25. The fourth-order valence-corrected chi connectivity index (χ4v) is 3.69. The van der Waals surface area contributed by atoms with E-state index in [4.69, 9.17) is 11.6 Å². The number of nitrogens with one attached hydrogen (secondary N) is 1. The van der Waals surface area contributed by atoms with E-state index in [0.717, 1.165) is 16.8 Å². The second kappa shape index (κ2) is 9.48. The normalized spacial score (nSPS) is 11.9. The fourth-order valence-electron chi connectivity index (χ4n) is 3.57. The molecule has 0 unspecified atom stereocenters. The van der Waals surface area contributed by atoms with Gasteiger partial charge in [-0.05, 0) is 54.8 Å². The van der Waals surface area contributed by atoms with Gasteiger partial charge in [0.1, 0.15) is 5.82 Å². The quantitative estimate of drug-likeness (QED) is 0.437. The smallest absolute Gasteiger partial charge is 0.251 e. The van der Waals surface area contributed by atoms with Gasteiger partial charge in [0.15, 0.2) is 0 Å². The van der Waals surface area contributed by atoms with Crippen LogP contribution in [-0.2, 0) is 0 Å². The molecule has 33 heavy (non-hydrogen) atoms. The summed E-state index contributed by atoms with van der Waals surface area (Å²) in [5.41, 5.74) is 4.00. The second-order valence-corrected chi connectivity index (χ2v) is 7.98. The number of hydrogen-bond donors (Lipinski definition) is 2. The number of nitrogens with zero attached hydrogens (tertiary/aromatic N) is 4. The molecule has 4 rings (SSSR count). The van der Waals surface area contributed by atoms with E-state index >= 15 is 0 Å². The number of anilines is 2. The van der Waals surface area contributed by atoms with Gasteiger partial charge in [0.05, 0.1) is 23.4 Å². The molecule has 0 spiro atoms. The number of pyridine rings is 2.